The highest BCUT2D eigenvalue weighted by Gasteiger charge is 2.18. The number of nitriles is 1. The predicted molar refractivity (Wildman–Crippen MR) is 134 cm³/mol. The quantitative estimate of drug-likeness (QED) is 0.441. The summed E-state index contributed by atoms with van der Waals surface area (Å²) in [6.07, 6.45) is 0.519. The van der Waals surface area contributed by atoms with Crippen molar-refractivity contribution in [1.29, 1.82) is 5.26 Å². The molecule has 1 saturated heterocycles. The molecule has 7 heteroatoms. The van der Waals surface area contributed by atoms with E-state index in [2.05, 4.69) is 22.9 Å². The molecule has 0 amide bonds. The summed E-state index contributed by atoms with van der Waals surface area (Å²) < 4.78 is 28.5. The monoisotopic (exact) mass is 484 g/mol. The van der Waals surface area contributed by atoms with Crippen LogP contribution >= 0.6 is 0 Å². The normalized spacial score (nSPS) is 14.8. The van der Waals surface area contributed by atoms with Gasteiger partial charge in [0.05, 0.1) is 32.5 Å². The molecule has 7 nitrogen and oxygen atoms in total. The molecule has 0 N–H and O–H groups in total. The summed E-state index contributed by atoms with van der Waals surface area (Å²) in [6, 6.07) is 19.1. The van der Waals surface area contributed by atoms with Crippen molar-refractivity contribution >= 4 is 0 Å². The molecule has 0 spiro atoms. The lowest BCUT2D eigenvalue weighted by molar-refractivity contribution is -0.102. The van der Waals surface area contributed by atoms with Crippen LogP contribution < -0.4 is 14.2 Å². The maximum Gasteiger partial charge on any atom is 0.218 e. The lowest BCUT2D eigenvalue weighted by atomic mass is 10.1. The van der Waals surface area contributed by atoms with Crippen LogP contribution in [0.5, 0.6) is 17.4 Å². The second-order valence-corrected chi connectivity index (χ2v) is 8.07. The van der Waals surface area contributed by atoms with E-state index in [0.29, 0.717) is 73.7 Å². The van der Waals surface area contributed by atoms with E-state index >= 15 is 0 Å². The number of methoxy groups -OCH3 is 1. The topological polar surface area (TPSA) is 82.8 Å². The van der Waals surface area contributed by atoms with Crippen molar-refractivity contribution in [3.63, 3.8) is 0 Å². The van der Waals surface area contributed by atoms with E-state index in [-0.39, 0.29) is 6.10 Å². The van der Waals surface area contributed by atoms with Crippen LogP contribution in [0.2, 0.25) is 0 Å². The summed E-state index contributed by atoms with van der Waals surface area (Å²) in [5.74, 6) is 7.86. The molecule has 1 aliphatic rings. The van der Waals surface area contributed by atoms with Crippen molar-refractivity contribution in [2.45, 2.75) is 26.1 Å². The summed E-state index contributed by atoms with van der Waals surface area (Å²) in [4.78, 5) is 4.67. The minimum absolute atomic E-state index is 0.154. The van der Waals surface area contributed by atoms with Crippen LogP contribution in [0.4, 0.5) is 0 Å². The van der Waals surface area contributed by atoms with Gasteiger partial charge in [-0.2, -0.15) is 5.26 Å². The third kappa shape index (κ3) is 6.55. The highest BCUT2D eigenvalue weighted by atomic mass is 16.6. The Kier molecular flexibility index (Phi) is 8.77. The summed E-state index contributed by atoms with van der Waals surface area (Å²) in [6.45, 7) is 4.38. The second-order valence-electron chi connectivity index (χ2n) is 8.07. The predicted octanol–water partition coefficient (Wildman–Crippen LogP) is 4.30. The van der Waals surface area contributed by atoms with Crippen LogP contribution in [-0.2, 0) is 22.5 Å². The minimum atomic E-state index is -0.154. The van der Waals surface area contributed by atoms with Gasteiger partial charge in [0.25, 0.3) is 0 Å². The van der Waals surface area contributed by atoms with Crippen LogP contribution in [0.25, 0.3) is 0 Å². The van der Waals surface area contributed by atoms with Crippen LogP contribution in [0.1, 0.15) is 34.9 Å². The second kappa shape index (κ2) is 12.6. The summed E-state index contributed by atoms with van der Waals surface area (Å²) in [7, 11) is 1.53. The molecule has 0 bridgehead atoms. The molecular weight excluding hydrogens is 456 g/mol. The number of benzene rings is 2. The molecule has 1 atom stereocenters. The molecule has 2 heterocycles. The van der Waals surface area contributed by atoms with Crippen LogP contribution in [-0.4, -0.2) is 44.6 Å². The zero-order valence-electron chi connectivity index (χ0n) is 20.5. The number of hydrogen-bond acceptors (Lipinski definition) is 7. The highest BCUT2D eigenvalue weighted by molar-refractivity contribution is 5.53. The standard InChI is InChI=1S/C29H28N2O5/c1-3-25-26(11-9-21-10-12-27(32-2)23(15-21)17-30)31-29(36-20-24-19-33-13-14-34-24)16-28(25)35-18-22-7-5-4-6-8-22/h4-8,10,12,15-16,24H,3,13-14,18-20H2,1-2H3/t24-/m0/s1. The first kappa shape index (κ1) is 25.1. The molecule has 0 unspecified atom stereocenters. The Morgan fingerprint density at radius 1 is 1.03 bits per heavy atom. The maximum atomic E-state index is 9.39. The fraction of sp³-hybridized carbons (Fsp3) is 0.310. The first-order valence-electron chi connectivity index (χ1n) is 11.8. The molecule has 0 aliphatic carbocycles. The molecular formula is C29H28N2O5. The zero-order chi connectivity index (χ0) is 25.2. The Morgan fingerprint density at radius 2 is 1.89 bits per heavy atom. The Morgan fingerprint density at radius 3 is 2.61 bits per heavy atom. The first-order valence-corrected chi connectivity index (χ1v) is 11.8. The molecule has 0 saturated carbocycles. The van der Waals surface area contributed by atoms with Crippen molar-refractivity contribution in [2.24, 2.45) is 0 Å². The van der Waals surface area contributed by atoms with Gasteiger partial charge in [-0.1, -0.05) is 43.2 Å². The summed E-state index contributed by atoms with van der Waals surface area (Å²) in [5, 5.41) is 9.39. The van der Waals surface area contributed by atoms with Crippen molar-refractivity contribution in [1.82, 2.24) is 4.98 Å². The maximum absolute atomic E-state index is 9.39. The SMILES string of the molecule is CCc1c(OCc2ccccc2)cc(OC[C@@H]2COCCO2)nc1C#Cc1ccc(OC)c(C#N)c1. The van der Waals surface area contributed by atoms with Gasteiger partial charge in [0.2, 0.25) is 5.88 Å². The number of ether oxygens (including phenoxy) is 5. The largest absolute Gasteiger partial charge is 0.495 e. The number of aromatic nitrogens is 1. The molecule has 0 radical (unpaired) electrons. The summed E-state index contributed by atoms with van der Waals surface area (Å²) in [5.41, 5.74) is 3.61. The van der Waals surface area contributed by atoms with E-state index < -0.39 is 0 Å². The first-order chi connectivity index (χ1) is 17.7. The van der Waals surface area contributed by atoms with Crippen LogP contribution in [0, 0.1) is 23.2 Å². The van der Waals surface area contributed by atoms with Gasteiger partial charge < -0.3 is 23.7 Å². The van der Waals surface area contributed by atoms with E-state index in [1.54, 1.807) is 18.2 Å². The Bertz CT molecular complexity index is 1270. The molecule has 1 aliphatic heterocycles. The van der Waals surface area contributed by atoms with Crippen molar-refractivity contribution in [3.05, 3.63) is 82.5 Å². The van der Waals surface area contributed by atoms with Gasteiger partial charge in [-0.05, 0) is 36.1 Å². The minimum Gasteiger partial charge on any atom is -0.495 e. The van der Waals surface area contributed by atoms with Crippen LogP contribution in [0.15, 0.2) is 54.6 Å². The third-order valence-corrected chi connectivity index (χ3v) is 5.60. The third-order valence-electron chi connectivity index (χ3n) is 5.60. The Hall–Kier alpha value is -4.04. The fourth-order valence-corrected chi connectivity index (χ4v) is 3.72. The van der Waals surface area contributed by atoms with Gasteiger partial charge in [0, 0.05) is 17.2 Å². The van der Waals surface area contributed by atoms with E-state index in [9.17, 15) is 5.26 Å². The molecule has 1 aromatic heterocycles. The summed E-state index contributed by atoms with van der Waals surface area (Å²) >= 11 is 0. The van der Waals surface area contributed by atoms with Crippen molar-refractivity contribution in [2.75, 3.05) is 33.5 Å². The van der Waals surface area contributed by atoms with Gasteiger partial charge >= 0.3 is 0 Å². The number of hydrogen-bond donors (Lipinski definition) is 0. The van der Waals surface area contributed by atoms with E-state index in [1.165, 1.54) is 7.11 Å². The number of pyridine rings is 1. The average Bonchev–Trinajstić information content (AvgIpc) is 2.94. The highest BCUT2D eigenvalue weighted by Crippen LogP contribution is 2.28. The smallest absolute Gasteiger partial charge is 0.218 e. The van der Waals surface area contributed by atoms with E-state index in [4.69, 9.17) is 23.7 Å². The lowest BCUT2D eigenvalue weighted by Gasteiger charge is -2.23. The van der Waals surface area contributed by atoms with Gasteiger partial charge in [0.1, 0.15) is 42.6 Å². The molecule has 36 heavy (non-hydrogen) atoms. The average molecular weight is 485 g/mol. The van der Waals surface area contributed by atoms with E-state index in [0.717, 1.165) is 11.1 Å². The molecule has 1 fully saturated rings. The lowest BCUT2D eigenvalue weighted by Crippen LogP contribution is -2.33. The van der Waals surface area contributed by atoms with Crippen molar-refractivity contribution in [3.8, 4) is 35.3 Å². The molecule has 184 valence electrons. The fourth-order valence-electron chi connectivity index (χ4n) is 3.72. The molecule has 3 aromatic rings. The number of rotatable bonds is 8. The van der Waals surface area contributed by atoms with Gasteiger partial charge in [-0.3, -0.25) is 0 Å². The van der Waals surface area contributed by atoms with Gasteiger partial charge in [-0.15, -0.1) is 0 Å². The van der Waals surface area contributed by atoms with E-state index in [1.807, 2.05) is 43.3 Å². The molecule has 2 aromatic carbocycles. The van der Waals surface area contributed by atoms with Gasteiger partial charge in [-0.25, -0.2) is 4.98 Å². The Labute approximate surface area is 211 Å². The zero-order valence-corrected chi connectivity index (χ0v) is 20.5. The van der Waals surface area contributed by atoms with Crippen LogP contribution in [0.3, 0.4) is 0 Å². The number of nitrogens with zero attached hydrogens (tertiary/aromatic N) is 2. The van der Waals surface area contributed by atoms with Gasteiger partial charge in [0.15, 0.2) is 0 Å². The van der Waals surface area contributed by atoms with Crippen molar-refractivity contribution < 1.29 is 23.7 Å². The Balaban J connectivity index is 1.64. The molecule has 4 rings (SSSR count).